The standard InChI is InChI=1S/C23H27N3OS2/c1-17-15-20-21(16-18(17)2)29-23(24-20)26-12-10-25(11-13-26)22(27)9-6-14-28-19-7-4-3-5-8-19/h3-5,7-8,15-16H,6,9-14H2,1-2H3. The smallest absolute Gasteiger partial charge is 0.222 e. The summed E-state index contributed by atoms with van der Waals surface area (Å²) in [6.07, 6.45) is 1.56. The van der Waals surface area contributed by atoms with E-state index in [1.165, 1.54) is 20.7 Å². The lowest BCUT2D eigenvalue weighted by atomic mass is 10.1. The summed E-state index contributed by atoms with van der Waals surface area (Å²) in [5, 5.41) is 1.08. The van der Waals surface area contributed by atoms with E-state index in [1.807, 2.05) is 22.7 Å². The molecule has 3 aromatic rings. The number of anilines is 1. The third kappa shape index (κ3) is 4.93. The lowest BCUT2D eigenvalue weighted by molar-refractivity contribution is -0.131. The van der Waals surface area contributed by atoms with Crippen LogP contribution in [0.25, 0.3) is 10.2 Å². The number of amides is 1. The van der Waals surface area contributed by atoms with Gasteiger partial charge in [0.2, 0.25) is 5.91 Å². The molecular weight excluding hydrogens is 398 g/mol. The van der Waals surface area contributed by atoms with E-state index in [-0.39, 0.29) is 5.91 Å². The van der Waals surface area contributed by atoms with E-state index in [1.54, 1.807) is 11.3 Å². The van der Waals surface area contributed by atoms with Gasteiger partial charge in [-0.2, -0.15) is 0 Å². The Morgan fingerprint density at radius 1 is 1.07 bits per heavy atom. The molecule has 1 aliphatic rings. The van der Waals surface area contributed by atoms with E-state index >= 15 is 0 Å². The van der Waals surface area contributed by atoms with Crippen LogP contribution in [0.3, 0.4) is 0 Å². The van der Waals surface area contributed by atoms with Crippen LogP contribution in [-0.2, 0) is 4.79 Å². The minimum absolute atomic E-state index is 0.286. The largest absolute Gasteiger partial charge is 0.345 e. The molecule has 0 unspecified atom stereocenters. The van der Waals surface area contributed by atoms with Gasteiger partial charge in [-0.1, -0.05) is 29.5 Å². The van der Waals surface area contributed by atoms with Gasteiger partial charge in [0.1, 0.15) is 0 Å². The topological polar surface area (TPSA) is 36.4 Å². The Balaban J connectivity index is 1.25. The van der Waals surface area contributed by atoms with Crippen molar-refractivity contribution in [3.8, 4) is 0 Å². The predicted octanol–water partition coefficient (Wildman–Crippen LogP) is 5.13. The first-order chi connectivity index (χ1) is 14.1. The second-order valence-electron chi connectivity index (χ2n) is 7.53. The molecule has 1 aromatic heterocycles. The van der Waals surface area contributed by atoms with E-state index in [9.17, 15) is 4.79 Å². The average Bonchev–Trinajstić information content (AvgIpc) is 3.15. The Hall–Kier alpha value is -2.05. The van der Waals surface area contributed by atoms with Crippen molar-refractivity contribution in [3.63, 3.8) is 0 Å². The highest BCUT2D eigenvalue weighted by molar-refractivity contribution is 7.99. The van der Waals surface area contributed by atoms with Gasteiger partial charge in [-0.05, 0) is 61.4 Å². The summed E-state index contributed by atoms with van der Waals surface area (Å²) < 4.78 is 1.25. The highest BCUT2D eigenvalue weighted by Crippen LogP contribution is 2.31. The lowest BCUT2D eigenvalue weighted by Gasteiger charge is -2.34. The van der Waals surface area contributed by atoms with Gasteiger partial charge in [0.25, 0.3) is 0 Å². The number of benzene rings is 2. The Morgan fingerprint density at radius 2 is 1.79 bits per heavy atom. The number of hydrogen-bond donors (Lipinski definition) is 0. The fraction of sp³-hybridized carbons (Fsp3) is 0.391. The normalized spacial score (nSPS) is 14.6. The third-order valence-electron chi connectivity index (χ3n) is 5.44. The Bertz CT molecular complexity index is 939. The number of aromatic nitrogens is 1. The molecule has 0 spiro atoms. The van der Waals surface area contributed by atoms with Gasteiger partial charge in [-0.25, -0.2) is 4.98 Å². The van der Waals surface area contributed by atoms with Gasteiger partial charge < -0.3 is 9.80 Å². The van der Waals surface area contributed by atoms with Crippen LogP contribution in [0.5, 0.6) is 0 Å². The summed E-state index contributed by atoms with van der Waals surface area (Å²) in [7, 11) is 0. The minimum Gasteiger partial charge on any atom is -0.345 e. The van der Waals surface area contributed by atoms with Gasteiger partial charge in [-0.3, -0.25) is 4.79 Å². The van der Waals surface area contributed by atoms with Crippen molar-refractivity contribution in [2.75, 3.05) is 36.8 Å². The monoisotopic (exact) mass is 425 g/mol. The van der Waals surface area contributed by atoms with Crippen LogP contribution in [0.4, 0.5) is 5.13 Å². The van der Waals surface area contributed by atoms with E-state index in [4.69, 9.17) is 4.98 Å². The Kier molecular flexibility index (Phi) is 6.40. The molecule has 4 rings (SSSR count). The molecule has 0 bridgehead atoms. The zero-order chi connectivity index (χ0) is 20.2. The maximum atomic E-state index is 12.6. The molecule has 6 heteroatoms. The molecule has 0 N–H and O–H groups in total. The molecule has 2 aromatic carbocycles. The Labute approximate surface area is 180 Å². The van der Waals surface area contributed by atoms with Gasteiger partial charge >= 0.3 is 0 Å². The number of carbonyl (C=O) groups is 1. The number of thiazole rings is 1. The lowest BCUT2D eigenvalue weighted by Crippen LogP contribution is -2.48. The maximum Gasteiger partial charge on any atom is 0.222 e. The molecule has 4 nitrogen and oxygen atoms in total. The van der Waals surface area contributed by atoms with Crippen molar-refractivity contribution in [2.24, 2.45) is 0 Å². The van der Waals surface area contributed by atoms with E-state index < -0.39 is 0 Å². The molecule has 0 atom stereocenters. The number of aryl methyl sites for hydroxylation is 2. The first-order valence-corrected chi connectivity index (χ1v) is 12.0. The fourth-order valence-corrected chi connectivity index (χ4v) is 5.51. The second kappa shape index (κ2) is 9.18. The summed E-state index contributed by atoms with van der Waals surface area (Å²) >= 11 is 3.58. The number of fused-ring (bicyclic) bond motifs is 1. The highest BCUT2D eigenvalue weighted by atomic mass is 32.2. The molecule has 0 aliphatic carbocycles. The van der Waals surface area contributed by atoms with Crippen molar-refractivity contribution >= 4 is 44.4 Å². The molecule has 1 amide bonds. The van der Waals surface area contributed by atoms with Crippen molar-refractivity contribution in [2.45, 2.75) is 31.6 Å². The Morgan fingerprint density at radius 3 is 2.55 bits per heavy atom. The SMILES string of the molecule is Cc1cc2nc(N3CCN(C(=O)CCCSc4ccccc4)CC3)sc2cc1C. The average molecular weight is 426 g/mol. The van der Waals surface area contributed by atoms with Crippen molar-refractivity contribution in [1.82, 2.24) is 9.88 Å². The molecule has 1 fully saturated rings. The number of hydrogen-bond acceptors (Lipinski definition) is 5. The van der Waals surface area contributed by atoms with Gasteiger partial charge in [0, 0.05) is 37.5 Å². The van der Waals surface area contributed by atoms with Crippen LogP contribution in [0.15, 0.2) is 47.4 Å². The first kappa shape index (κ1) is 20.2. The van der Waals surface area contributed by atoms with Crippen LogP contribution < -0.4 is 4.90 Å². The molecule has 1 saturated heterocycles. The summed E-state index contributed by atoms with van der Waals surface area (Å²) in [4.78, 5) is 23.0. The van der Waals surface area contributed by atoms with Gasteiger partial charge in [-0.15, -0.1) is 11.8 Å². The van der Waals surface area contributed by atoms with Crippen molar-refractivity contribution in [1.29, 1.82) is 0 Å². The van der Waals surface area contributed by atoms with Crippen LogP contribution in [0.2, 0.25) is 0 Å². The predicted molar refractivity (Wildman–Crippen MR) is 124 cm³/mol. The summed E-state index contributed by atoms with van der Waals surface area (Å²) in [6, 6.07) is 14.8. The molecule has 152 valence electrons. The second-order valence-corrected chi connectivity index (χ2v) is 9.71. The summed E-state index contributed by atoms with van der Waals surface area (Å²) in [5.74, 6) is 1.27. The fourth-order valence-electron chi connectivity index (χ4n) is 3.54. The van der Waals surface area contributed by atoms with E-state index in [0.717, 1.165) is 49.0 Å². The van der Waals surface area contributed by atoms with Crippen LogP contribution in [-0.4, -0.2) is 47.7 Å². The number of nitrogens with zero attached hydrogens (tertiary/aromatic N) is 3. The van der Waals surface area contributed by atoms with Crippen molar-refractivity contribution < 1.29 is 4.79 Å². The zero-order valence-electron chi connectivity index (χ0n) is 17.1. The molecule has 0 radical (unpaired) electrons. The molecule has 0 saturated carbocycles. The van der Waals surface area contributed by atoms with Gasteiger partial charge in [0.15, 0.2) is 5.13 Å². The zero-order valence-corrected chi connectivity index (χ0v) is 18.7. The third-order valence-corrected chi connectivity index (χ3v) is 7.62. The first-order valence-electron chi connectivity index (χ1n) is 10.2. The number of thioether (sulfide) groups is 1. The molecular formula is C23H27N3OS2. The number of piperazine rings is 1. The number of carbonyl (C=O) groups excluding carboxylic acids is 1. The summed E-state index contributed by atoms with van der Waals surface area (Å²) in [6.45, 7) is 7.59. The number of rotatable bonds is 6. The van der Waals surface area contributed by atoms with Gasteiger partial charge in [0.05, 0.1) is 10.2 Å². The molecule has 2 heterocycles. The molecule has 29 heavy (non-hydrogen) atoms. The molecule has 1 aliphatic heterocycles. The van der Waals surface area contributed by atoms with E-state index in [2.05, 4.69) is 55.1 Å². The summed E-state index contributed by atoms with van der Waals surface area (Å²) in [5.41, 5.74) is 3.69. The minimum atomic E-state index is 0.286. The highest BCUT2D eigenvalue weighted by Gasteiger charge is 2.23. The van der Waals surface area contributed by atoms with Crippen LogP contribution >= 0.6 is 23.1 Å². The maximum absolute atomic E-state index is 12.6. The van der Waals surface area contributed by atoms with Crippen molar-refractivity contribution in [3.05, 3.63) is 53.6 Å². The van der Waals surface area contributed by atoms with E-state index in [0.29, 0.717) is 6.42 Å². The quantitative estimate of drug-likeness (QED) is 0.405. The van der Waals surface area contributed by atoms with Crippen LogP contribution in [0.1, 0.15) is 24.0 Å². The van der Waals surface area contributed by atoms with Crippen LogP contribution in [0, 0.1) is 13.8 Å².